The third-order valence-corrected chi connectivity index (χ3v) is 6.62. The second-order valence-electron chi connectivity index (χ2n) is 6.51. The van der Waals surface area contributed by atoms with Gasteiger partial charge in [-0.15, -0.1) is 0 Å². The van der Waals surface area contributed by atoms with Crippen molar-refractivity contribution in [2.45, 2.75) is 24.7 Å². The Kier molecular flexibility index (Phi) is 5.65. The second kappa shape index (κ2) is 7.78. The lowest BCUT2D eigenvalue weighted by Gasteiger charge is -2.31. The molecule has 1 atom stereocenters. The molecule has 0 saturated carbocycles. The Morgan fingerprint density at radius 2 is 1.92 bits per heavy atom. The van der Waals surface area contributed by atoms with E-state index in [-0.39, 0.29) is 23.3 Å². The van der Waals surface area contributed by atoms with Gasteiger partial charge in [-0.3, -0.25) is 4.79 Å². The van der Waals surface area contributed by atoms with Crippen molar-refractivity contribution in [3.05, 3.63) is 59.1 Å². The van der Waals surface area contributed by atoms with Gasteiger partial charge in [-0.2, -0.15) is 4.31 Å². The summed E-state index contributed by atoms with van der Waals surface area (Å²) in [5, 5.41) is 3.38. The monoisotopic (exact) mass is 392 g/mol. The summed E-state index contributed by atoms with van der Waals surface area (Å²) in [5.74, 6) is -0.516. The Morgan fingerprint density at radius 3 is 2.62 bits per heavy atom. The van der Waals surface area contributed by atoms with Gasteiger partial charge >= 0.3 is 0 Å². The molecule has 0 aliphatic carbocycles. The van der Waals surface area contributed by atoms with Gasteiger partial charge in [-0.25, -0.2) is 8.42 Å². The van der Waals surface area contributed by atoms with Crippen molar-refractivity contribution in [3.63, 3.8) is 0 Å². The zero-order chi connectivity index (χ0) is 18.7. The molecular formula is C19H21ClN2O3S. The zero-order valence-corrected chi connectivity index (χ0v) is 16.1. The van der Waals surface area contributed by atoms with Crippen LogP contribution in [0.25, 0.3) is 0 Å². The Bertz CT molecular complexity index is 897. The number of halogens is 1. The summed E-state index contributed by atoms with van der Waals surface area (Å²) in [5.41, 5.74) is 1.78. The number of anilines is 1. The van der Waals surface area contributed by atoms with Crippen LogP contribution in [0.1, 0.15) is 18.4 Å². The van der Waals surface area contributed by atoms with Gasteiger partial charge in [0.25, 0.3) is 0 Å². The van der Waals surface area contributed by atoms with Crippen LogP contribution < -0.4 is 5.32 Å². The van der Waals surface area contributed by atoms with E-state index in [0.717, 1.165) is 11.3 Å². The molecule has 1 aliphatic heterocycles. The largest absolute Gasteiger partial charge is 0.326 e. The summed E-state index contributed by atoms with van der Waals surface area (Å²) < 4.78 is 27.0. The lowest BCUT2D eigenvalue weighted by Crippen LogP contribution is -2.43. The van der Waals surface area contributed by atoms with E-state index in [1.54, 1.807) is 12.1 Å². The van der Waals surface area contributed by atoms with Crippen LogP contribution in [-0.4, -0.2) is 31.7 Å². The SMILES string of the molecule is Cc1cccc(NC(=O)[C@H]2CCCN(S(=O)(=O)c3ccc(Cl)cc3)C2)c1. The lowest BCUT2D eigenvalue weighted by atomic mass is 9.98. The second-order valence-corrected chi connectivity index (χ2v) is 8.89. The Morgan fingerprint density at radius 1 is 1.19 bits per heavy atom. The minimum Gasteiger partial charge on any atom is -0.326 e. The van der Waals surface area contributed by atoms with Crippen molar-refractivity contribution in [2.75, 3.05) is 18.4 Å². The van der Waals surface area contributed by atoms with E-state index in [0.29, 0.717) is 24.4 Å². The molecule has 2 aromatic carbocycles. The molecular weight excluding hydrogens is 372 g/mol. The number of nitrogens with zero attached hydrogens (tertiary/aromatic N) is 1. The molecule has 0 spiro atoms. The smallest absolute Gasteiger partial charge is 0.243 e. The van der Waals surface area contributed by atoms with Crippen LogP contribution in [0.3, 0.4) is 0 Å². The van der Waals surface area contributed by atoms with Crippen LogP contribution in [0, 0.1) is 12.8 Å². The van der Waals surface area contributed by atoms with Gasteiger partial charge in [0.05, 0.1) is 10.8 Å². The molecule has 0 aromatic heterocycles. The van der Waals surface area contributed by atoms with Crippen molar-refractivity contribution in [1.82, 2.24) is 4.31 Å². The minimum absolute atomic E-state index is 0.147. The molecule has 138 valence electrons. The molecule has 7 heteroatoms. The summed E-state index contributed by atoms with van der Waals surface area (Å²) >= 11 is 5.84. The van der Waals surface area contributed by atoms with Gasteiger partial charge in [0.1, 0.15) is 0 Å². The zero-order valence-electron chi connectivity index (χ0n) is 14.5. The molecule has 1 aliphatic rings. The van der Waals surface area contributed by atoms with Crippen molar-refractivity contribution in [3.8, 4) is 0 Å². The van der Waals surface area contributed by atoms with E-state index in [1.165, 1.54) is 16.4 Å². The summed E-state index contributed by atoms with van der Waals surface area (Å²) in [6, 6.07) is 13.7. The van der Waals surface area contributed by atoms with E-state index in [4.69, 9.17) is 11.6 Å². The standard InChI is InChI=1S/C19H21ClN2O3S/c1-14-4-2-6-17(12-14)21-19(23)15-5-3-11-22(13-15)26(24,25)18-9-7-16(20)8-10-18/h2,4,6-10,12,15H,3,5,11,13H2,1H3,(H,21,23)/t15-/m0/s1. The van der Waals surface area contributed by atoms with E-state index in [9.17, 15) is 13.2 Å². The van der Waals surface area contributed by atoms with E-state index < -0.39 is 10.0 Å². The Balaban J connectivity index is 1.72. The fraction of sp³-hybridized carbons (Fsp3) is 0.316. The maximum Gasteiger partial charge on any atom is 0.243 e. The molecule has 1 N–H and O–H groups in total. The molecule has 5 nitrogen and oxygen atoms in total. The number of hydrogen-bond acceptors (Lipinski definition) is 3. The fourth-order valence-electron chi connectivity index (χ4n) is 3.10. The molecule has 1 saturated heterocycles. The van der Waals surface area contributed by atoms with Crippen LogP contribution in [0.15, 0.2) is 53.4 Å². The van der Waals surface area contributed by atoms with E-state index in [1.807, 2.05) is 31.2 Å². The molecule has 0 unspecified atom stereocenters. The van der Waals surface area contributed by atoms with Gasteiger partial charge in [-0.1, -0.05) is 23.7 Å². The highest BCUT2D eigenvalue weighted by Crippen LogP contribution is 2.25. The van der Waals surface area contributed by atoms with Crippen LogP contribution >= 0.6 is 11.6 Å². The Labute approximate surface area is 159 Å². The van der Waals surface area contributed by atoms with Crippen LogP contribution in [-0.2, 0) is 14.8 Å². The van der Waals surface area contributed by atoms with Crippen molar-refractivity contribution < 1.29 is 13.2 Å². The normalized spacial score (nSPS) is 18.5. The third kappa shape index (κ3) is 4.26. The van der Waals surface area contributed by atoms with Crippen molar-refractivity contribution in [1.29, 1.82) is 0 Å². The number of nitrogens with one attached hydrogen (secondary N) is 1. The lowest BCUT2D eigenvalue weighted by molar-refractivity contribution is -0.120. The number of rotatable bonds is 4. The topological polar surface area (TPSA) is 66.5 Å². The Hall–Kier alpha value is -1.89. The van der Waals surface area contributed by atoms with Gasteiger partial charge in [0.15, 0.2) is 0 Å². The molecule has 1 fully saturated rings. The highest BCUT2D eigenvalue weighted by atomic mass is 35.5. The molecule has 2 aromatic rings. The average Bonchev–Trinajstić information content (AvgIpc) is 2.62. The molecule has 26 heavy (non-hydrogen) atoms. The summed E-state index contributed by atoms with van der Waals surface area (Å²) in [6.45, 7) is 2.55. The first-order valence-corrected chi connectivity index (χ1v) is 10.3. The quantitative estimate of drug-likeness (QED) is 0.862. The number of sulfonamides is 1. The highest BCUT2D eigenvalue weighted by Gasteiger charge is 2.33. The van der Waals surface area contributed by atoms with Gasteiger partial charge < -0.3 is 5.32 Å². The van der Waals surface area contributed by atoms with Crippen molar-refractivity contribution >= 4 is 33.2 Å². The summed E-state index contributed by atoms with van der Waals surface area (Å²) in [6.07, 6.45) is 1.32. The number of carbonyl (C=O) groups excluding carboxylic acids is 1. The number of hydrogen-bond donors (Lipinski definition) is 1. The predicted octanol–water partition coefficient (Wildman–Crippen LogP) is 3.69. The number of amides is 1. The fourth-order valence-corrected chi connectivity index (χ4v) is 4.75. The molecule has 1 amide bonds. The van der Waals surface area contributed by atoms with Gasteiger partial charge in [0, 0.05) is 23.8 Å². The average molecular weight is 393 g/mol. The van der Waals surface area contributed by atoms with Gasteiger partial charge in [0.2, 0.25) is 15.9 Å². The molecule has 3 rings (SSSR count). The number of carbonyl (C=O) groups is 1. The molecule has 1 heterocycles. The molecule has 0 radical (unpaired) electrons. The maximum atomic E-state index is 12.8. The van der Waals surface area contributed by atoms with Crippen LogP contribution in [0.2, 0.25) is 5.02 Å². The van der Waals surface area contributed by atoms with Crippen molar-refractivity contribution in [2.24, 2.45) is 5.92 Å². The summed E-state index contributed by atoms with van der Waals surface area (Å²) in [4.78, 5) is 12.8. The van der Waals surface area contributed by atoms with Crippen LogP contribution in [0.5, 0.6) is 0 Å². The maximum absolute atomic E-state index is 12.8. The third-order valence-electron chi connectivity index (χ3n) is 4.49. The van der Waals surface area contributed by atoms with E-state index in [2.05, 4.69) is 5.32 Å². The minimum atomic E-state index is -3.63. The number of piperidine rings is 1. The first-order chi connectivity index (χ1) is 12.4. The first kappa shape index (κ1) is 18.9. The predicted molar refractivity (Wildman–Crippen MR) is 103 cm³/mol. The first-order valence-electron chi connectivity index (χ1n) is 8.49. The molecule has 0 bridgehead atoms. The van der Waals surface area contributed by atoms with E-state index >= 15 is 0 Å². The summed E-state index contributed by atoms with van der Waals surface area (Å²) in [7, 11) is -3.63. The van der Waals surface area contributed by atoms with Crippen LogP contribution in [0.4, 0.5) is 5.69 Å². The number of benzene rings is 2. The number of aryl methyl sites for hydroxylation is 1. The highest BCUT2D eigenvalue weighted by molar-refractivity contribution is 7.89. The van der Waals surface area contributed by atoms with Gasteiger partial charge in [-0.05, 0) is 61.7 Å².